The third-order valence-corrected chi connectivity index (χ3v) is 13.7. The number of para-hydroxylation sites is 2. The first-order chi connectivity index (χ1) is 33.7. The Bertz CT molecular complexity index is 4320. The summed E-state index contributed by atoms with van der Waals surface area (Å²) in [5.41, 5.74) is 11.7. The van der Waals surface area contributed by atoms with Crippen molar-refractivity contribution in [1.82, 2.24) is 24.1 Å². The third-order valence-electron chi connectivity index (χ3n) is 13.7. The minimum absolute atomic E-state index is 0.610. The molecule has 0 aliphatic carbocycles. The smallest absolute Gasteiger partial charge is 0.166 e. The van der Waals surface area contributed by atoms with Crippen LogP contribution in [0.2, 0.25) is 0 Å². The summed E-state index contributed by atoms with van der Waals surface area (Å²) in [5, 5.41) is 11.8. The van der Waals surface area contributed by atoms with Crippen LogP contribution in [0.15, 0.2) is 237 Å². The Labute approximate surface area is 391 Å². The molecule has 0 aliphatic rings. The van der Waals surface area contributed by atoms with Crippen LogP contribution in [0.5, 0.6) is 0 Å². The molecular weight excluding hydrogens is 827 g/mol. The molecule has 0 atom stereocenters. The molecule has 3 aromatic heterocycles. The van der Waals surface area contributed by atoms with Gasteiger partial charge in [0.2, 0.25) is 0 Å². The Morgan fingerprint density at radius 2 is 0.838 bits per heavy atom. The summed E-state index contributed by atoms with van der Waals surface area (Å²) in [7, 11) is 0. The van der Waals surface area contributed by atoms with Crippen molar-refractivity contribution in [1.29, 1.82) is 0 Å². The second-order valence-corrected chi connectivity index (χ2v) is 17.6. The van der Waals surface area contributed by atoms with Crippen LogP contribution in [0.3, 0.4) is 0 Å². The molecule has 0 bridgehead atoms. The van der Waals surface area contributed by atoms with Gasteiger partial charge >= 0.3 is 0 Å². The zero-order chi connectivity index (χ0) is 44.7. The summed E-state index contributed by atoms with van der Waals surface area (Å²) < 4.78 is 4.87. The lowest BCUT2D eigenvalue weighted by molar-refractivity contribution is 1.07. The third kappa shape index (κ3) is 5.93. The van der Waals surface area contributed by atoms with Gasteiger partial charge < -0.3 is 9.13 Å². The van der Waals surface area contributed by atoms with Gasteiger partial charge in [-0.25, -0.2) is 15.0 Å². The van der Waals surface area contributed by atoms with Crippen LogP contribution in [0.4, 0.5) is 0 Å². The molecule has 0 unspecified atom stereocenters. The number of fused-ring (bicyclic) bond motifs is 10. The maximum atomic E-state index is 5.47. The van der Waals surface area contributed by atoms with Crippen molar-refractivity contribution in [3.8, 4) is 56.7 Å². The Morgan fingerprint density at radius 3 is 1.62 bits per heavy atom. The van der Waals surface area contributed by atoms with E-state index < -0.39 is 0 Å². The van der Waals surface area contributed by atoms with Gasteiger partial charge in [0.25, 0.3) is 0 Å². The van der Waals surface area contributed by atoms with Crippen LogP contribution in [-0.4, -0.2) is 24.1 Å². The highest BCUT2D eigenvalue weighted by Crippen LogP contribution is 2.43. The first-order valence-electron chi connectivity index (χ1n) is 23.1. The number of aromatic nitrogens is 5. The lowest BCUT2D eigenvalue weighted by Gasteiger charge is -2.18. The van der Waals surface area contributed by atoms with Crippen molar-refractivity contribution in [2.75, 3.05) is 0 Å². The molecule has 0 spiro atoms. The summed E-state index contributed by atoms with van der Waals surface area (Å²) >= 11 is 0. The molecule has 14 rings (SSSR count). The monoisotopic (exact) mass is 865 g/mol. The van der Waals surface area contributed by atoms with Crippen molar-refractivity contribution in [3.05, 3.63) is 237 Å². The minimum Gasteiger partial charge on any atom is -0.309 e. The van der Waals surface area contributed by atoms with Gasteiger partial charge in [0.15, 0.2) is 17.5 Å². The highest BCUT2D eigenvalue weighted by atomic mass is 15.1. The first kappa shape index (κ1) is 38.1. The van der Waals surface area contributed by atoms with Crippen LogP contribution in [-0.2, 0) is 0 Å². The normalized spacial score (nSPS) is 11.8. The standard InChI is InChI=1S/C63H39N5/c1-3-17-40(18-4-1)47-23-11-12-28-53(47)62-64-61(43-21-5-2-6-22-43)65-63(66-62)59-48-24-9-7-19-41(48)33-36-57(59)68-56-30-16-14-27-51(56)54-38-45-37-46(34-31-44(45)39-58(54)68)67-55-29-15-13-26-50(55)52-35-32-42-20-8-10-25-49(42)60(52)67/h1-39H. The molecule has 5 heteroatoms. The molecule has 0 saturated carbocycles. The SMILES string of the molecule is c1ccc(-c2nc(-c3ccccc3-c3ccccc3)nc(-c3c(-n4c5ccccc5c5cc6cc(-n7c8ccccc8c8ccc9ccccc9c87)ccc6cc54)ccc4ccccc34)n2)cc1. The Morgan fingerprint density at radius 1 is 0.279 bits per heavy atom. The van der Waals surface area contributed by atoms with Crippen molar-refractivity contribution < 1.29 is 0 Å². The average Bonchev–Trinajstić information content (AvgIpc) is 3.92. The highest BCUT2D eigenvalue weighted by molar-refractivity contribution is 6.19. The maximum Gasteiger partial charge on any atom is 0.166 e. The quantitative estimate of drug-likeness (QED) is 0.167. The molecule has 68 heavy (non-hydrogen) atoms. The fourth-order valence-electron chi connectivity index (χ4n) is 10.7. The number of nitrogens with zero attached hydrogens (tertiary/aromatic N) is 5. The average molecular weight is 866 g/mol. The van der Waals surface area contributed by atoms with Crippen molar-refractivity contribution in [2.45, 2.75) is 0 Å². The molecular formula is C63H39N5. The zero-order valence-corrected chi connectivity index (χ0v) is 36.8. The van der Waals surface area contributed by atoms with E-state index in [2.05, 4.69) is 221 Å². The number of benzene rings is 11. The number of rotatable bonds is 6. The van der Waals surface area contributed by atoms with E-state index >= 15 is 0 Å². The van der Waals surface area contributed by atoms with Crippen LogP contribution in [0.25, 0.3) is 133 Å². The van der Waals surface area contributed by atoms with E-state index in [-0.39, 0.29) is 0 Å². The van der Waals surface area contributed by atoms with E-state index in [9.17, 15) is 0 Å². The van der Waals surface area contributed by atoms with Crippen molar-refractivity contribution >= 4 is 75.9 Å². The fraction of sp³-hybridized carbons (Fsp3) is 0. The number of hydrogen-bond donors (Lipinski definition) is 0. The van der Waals surface area contributed by atoms with Gasteiger partial charge in [-0.3, -0.25) is 0 Å². The number of hydrogen-bond acceptors (Lipinski definition) is 3. The van der Waals surface area contributed by atoms with Crippen LogP contribution >= 0.6 is 0 Å². The van der Waals surface area contributed by atoms with Crippen LogP contribution < -0.4 is 0 Å². The molecule has 316 valence electrons. The molecule has 0 radical (unpaired) electrons. The van der Waals surface area contributed by atoms with Crippen LogP contribution in [0, 0.1) is 0 Å². The molecule has 0 aliphatic heterocycles. The van der Waals surface area contributed by atoms with Crippen molar-refractivity contribution in [2.24, 2.45) is 0 Å². The van der Waals surface area contributed by atoms with E-state index in [1.807, 2.05) is 24.3 Å². The molecule has 0 saturated heterocycles. The maximum absolute atomic E-state index is 5.47. The molecule has 0 N–H and O–H groups in total. The van der Waals surface area contributed by atoms with Gasteiger partial charge in [-0.05, 0) is 80.5 Å². The summed E-state index contributed by atoms with van der Waals surface area (Å²) in [6, 6.07) is 84.6. The molecule has 5 nitrogen and oxygen atoms in total. The van der Waals surface area contributed by atoms with Gasteiger partial charge in [-0.1, -0.05) is 194 Å². The van der Waals surface area contributed by atoms with Gasteiger partial charge in [-0.15, -0.1) is 0 Å². The molecule has 0 fully saturated rings. The van der Waals surface area contributed by atoms with Gasteiger partial charge in [0, 0.05) is 43.7 Å². The predicted molar refractivity (Wildman–Crippen MR) is 283 cm³/mol. The first-order valence-corrected chi connectivity index (χ1v) is 23.1. The summed E-state index contributed by atoms with van der Waals surface area (Å²) in [5.74, 6) is 1.85. The Kier molecular flexibility index (Phi) is 8.52. The second kappa shape index (κ2) is 15.2. The van der Waals surface area contributed by atoms with Gasteiger partial charge in [0.05, 0.1) is 33.3 Å². The van der Waals surface area contributed by atoms with E-state index in [4.69, 9.17) is 15.0 Å². The second-order valence-electron chi connectivity index (χ2n) is 17.6. The Balaban J connectivity index is 1.02. The van der Waals surface area contributed by atoms with Crippen molar-refractivity contribution in [3.63, 3.8) is 0 Å². The molecule has 14 aromatic rings. The van der Waals surface area contributed by atoms with Crippen LogP contribution in [0.1, 0.15) is 0 Å². The summed E-state index contributed by atoms with van der Waals surface area (Å²) in [6.07, 6.45) is 0. The van der Waals surface area contributed by atoms with E-state index in [0.717, 1.165) is 66.4 Å². The topological polar surface area (TPSA) is 48.5 Å². The lowest BCUT2D eigenvalue weighted by atomic mass is 9.98. The van der Waals surface area contributed by atoms with Gasteiger partial charge in [0.1, 0.15) is 0 Å². The fourth-order valence-corrected chi connectivity index (χ4v) is 10.7. The highest BCUT2D eigenvalue weighted by Gasteiger charge is 2.23. The predicted octanol–water partition coefficient (Wildman–Crippen LogP) is 16.2. The molecule has 0 amide bonds. The Hall–Kier alpha value is -9.19. The van der Waals surface area contributed by atoms with E-state index in [1.165, 1.54) is 48.7 Å². The molecule has 3 heterocycles. The van der Waals surface area contributed by atoms with E-state index in [1.54, 1.807) is 0 Å². The zero-order valence-electron chi connectivity index (χ0n) is 36.8. The van der Waals surface area contributed by atoms with Gasteiger partial charge in [-0.2, -0.15) is 0 Å². The minimum atomic E-state index is 0.610. The molecule has 11 aromatic carbocycles. The van der Waals surface area contributed by atoms with E-state index in [0.29, 0.717) is 17.5 Å². The summed E-state index contributed by atoms with van der Waals surface area (Å²) in [4.78, 5) is 16.1. The lowest BCUT2D eigenvalue weighted by Crippen LogP contribution is -2.05. The largest absolute Gasteiger partial charge is 0.309 e. The summed E-state index contributed by atoms with van der Waals surface area (Å²) in [6.45, 7) is 0.